The Bertz CT molecular complexity index is 1120. The SMILES string of the molecule is Cc1nc(C(=O)N[C@H](C)Cn2ccc(-c3cc(F)c(C#N)c(Cl)c3)n2)cn1C[C@H](C)O. The zero-order valence-electron chi connectivity index (χ0n) is 17.3. The van der Waals surface area contributed by atoms with Crippen molar-refractivity contribution in [1.82, 2.24) is 24.6 Å². The van der Waals surface area contributed by atoms with Gasteiger partial charge in [0.2, 0.25) is 0 Å². The molecule has 0 radical (unpaired) electrons. The molecule has 8 nitrogen and oxygen atoms in total. The van der Waals surface area contributed by atoms with Gasteiger partial charge in [-0.05, 0) is 39.0 Å². The van der Waals surface area contributed by atoms with E-state index in [0.29, 0.717) is 30.2 Å². The van der Waals surface area contributed by atoms with Crippen molar-refractivity contribution in [1.29, 1.82) is 5.26 Å². The van der Waals surface area contributed by atoms with E-state index in [9.17, 15) is 14.3 Å². The average molecular weight is 445 g/mol. The summed E-state index contributed by atoms with van der Waals surface area (Å²) in [7, 11) is 0. The fourth-order valence-electron chi connectivity index (χ4n) is 3.16. The first kappa shape index (κ1) is 22.5. The largest absolute Gasteiger partial charge is 0.392 e. The second kappa shape index (κ2) is 9.29. The lowest BCUT2D eigenvalue weighted by atomic mass is 10.1. The minimum atomic E-state index is -0.703. The molecule has 1 amide bonds. The van der Waals surface area contributed by atoms with Gasteiger partial charge in [-0.3, -0.25) is 9.48 Å². The number of aryl methyl sites for hydroxylation is 1. The highest BCUT2D eigenvalue weighted by atomic mass is 35.5. The zero-order valence-corrected chi connectivity index (χ0v) is 18.1. The van der Waals surface area contributed by atoms with Crippen molar-refractivity contribution >= 4 is 17.5 Å². The van der Waals surface area contributed by atoms with Gasteiger partial charge in [-0.15, -0.1) is 0 Å². The molecule has 0 spiro atoms. The predicted molar refractivity (Wildman–Crippen MR) is 113 cm³/mol. The summed E-state index contributed by atoms with van der Waals surface area (Å²) in [4.78, 5) is 16.7. The summed E-state index contributed by atoms with van der Waals surface area (Å²) in [6.45, 7) is 6.01. The number of carbonyl (C=O) groups excluding carboxylic acids is 1. The predicted octanol–water partition coefficient (Wildman–Crippen LogP) is 2.92. The van der Waals surface area contributed by atoms with Gasteiger partial charge in [0.25, 0.3) is 5.91 Å². The number of aliphatic hydroxyl groups is 1. The number of aliphatic hydroxyl groups excluding tert-OH is 1. The Morgan fingerprint density at radius 2 is 2.13 bits per heavy atom. The van der Waals surface area contributed by atoms with E-state index in [2.05, 4.69) is 15.4 Å². The second-order valence-electron chi connectivity index (χ2n) is 7.40. The van der Waals surface area contributed by atoms with Crippen molar-refractivity contribution in [2.75, 3.05) is 0 Å². The number of nitrogens with zero attached hydrogens (tertiary/aromatic N) is 5. The third kappa shape index (κ3) is 5.29. The molecule has 31 heavy (non-hydrogen) atoms. The summed E-state index contributed by atoms with van der Waals surface area (Å²) in [5, 5.41) is 25.7. The van der Waals surface area contributed by atoms with Crippen LogP contribution in [0.4, 0.5) is 4.39 Å². The van der Waals surface area contributed by atoms with Crippen LogP contribution in [0.1, 0.15) is 35.7 Å². The maximum Gasteiger partial charge on any atom is 0.271 e. The van der Waals surface area contributed by atoms with E-state index in [0.717, 1.165) is 0 Å². The van der Waals surface area contributed by atoms with Gasteiger partial charge in [0, 0.05) is 30.5 Å². The molecule has 0 fully saturated rings. The quantitative estimate of drug-likeness (QED) is 0.582. The second-order valence-corrected chi connectivity index (χ2v) is 7.81. The number of nitriles is 1. The van der Waals surface area contributed by atoms with Gasteiger partial charge in [0.05, 0.1) is 23.4 Å². The Morgan fingerprint density at radius 3 is 2.77 bits per heavy atom. The number of carbonyl (C=O) groups is 1. The minimum Gasteiger partial charge on any atom is -0.392 e. The van der Waals surface area contributed by atoms with E-state index in [1.807, 2.05) is 6.92 Å². The van der Waals surface area contributed by atoms with Crippen LogP contribution < -0.4 is 5.32 Å². The van der Waals surface area contributed by atoms with E-state index in [1.165, 1.54) is 12.1 Å². The lowest BCUT2D eigenvalue weighted by Crippen LogP contribution is -2.36. The number of amides is 1. The molecule has 2 heterocycles. The molecule has 0 saturated carbocycles. The first-order valence-electron chi connectivity index (χ1n) is 9.63. The molecule has 2 N–H and O–H groups in total. The van der Waals surface area contributed by atoms with Gasteiger partial charge in [-0.1, -0.05) is 11.6 Å². The number of imidazole rings is 1. The maximum atomic E-state index is 14.0. The normalized spacial score (nSPS) is 12.9. The van der Waals surface area contributed by atoms with Crippen molar-refractivity contribution in [3.05, 3.63) is 58.5 Å². The van der Waals surface area contributed by atoms with Crippen LogP contribution >= 0.6 is 11.6 Å². The molecule has 0 unspecified atom stereocenters. The van der Waals surface area contributed by atoms with E-state index in [1.54, 1.807) is 47.6 Å². The van der Waals surface area contributed by atoms with E-state index >= 15 is 0 Å². The molecule has 0 aliphatic rings. The molecule has 0 aliphatic carbocycles. The molecule has 3 aromatic rings. The molecule has 0 saturated heterocycles. The van der Waals surface area contributed by atoms with Gasteiger partial charge >= 0.3 is 0 Å². The smallest absolute Gasteiger partial charge is 0.271 e. The Labute approximate surface area is 183 Å². The average Bonchev–Trinajstić information content (AvgIpc) is 3.28. The third-order valence-corrected chi connectivity index (χ3v) is 4.90. The highest BCUT2D eigenvalue weighted by Gasteiger charge is 2.17. The molecular formula is C21H22ClFN6O2. The molecule has 2 aromatic heterocycles. The minimum absolute atomic E-state index is 0.0259. The van der Waals surface area contributed by atoms with Crippen LogP contribution in [-0.2, 0) is 13.1 Å². The fourth-order valence-corrected chi connectivity index (χ4v) is 3.41. The van der Waals surface area contributed by atoms with Crippen LogP contribution in [0.15, 0.2) is 30.6 Å². The zero-order chi connectivity index (χ0) is 22.7. The molecule has 3 rings (SSSR count). The van der Waals surface area contributed by atoms with E-state index in [-0.39, 0.29) is 28.2 Å². The maximum absolute atomic E-state index is 14.0. The molecule has 2 atom stereocenters. The fraction of sp³-hybridized carbons (Fsp3) is 0.333. The summed E-state index contributed by atoms with van der Waals surface area (Å²) in [5.74, 6) is -0.387. The summed E-state index contributed by atoms with van der Waals surface area (Å²) >= 11 is 5.97. The third-order valence-electron chi connectivity index (χ3n) is 4.60. The number of halogens is 2. The number of nitrogens with one attached hydrogen (secondary N) is 1. The molecule has 0 bridgehead atoms. The van der Waals surface area contributed by atoms with Crippen LogP contribution in [0.5, 0.6) is 0 Å². The van der Waals surface area contributed by atoms with Crippen molar-refractivity contribution in [3.63, 3.8) is 0 Å². The standard InChI is InChI=1S/C21H22ClFN6O2/c1-12(25-21(31)20-11-28(10-13(2)30)14(3)26-20)9-29-5-4-19(27-29)15-6-17(22)16(8-24)18(23)7-15/h4-7,11-13,30H,9-10H2,1-3H3,(H,25,31)/t12-,13+/m1/s1. The molecular weight excluding hydrogens is 423 g/mol. The molecule has 10 heteroatoms. The van der Waals surface area contributed by atoms with Gasteiger partial charge in [-0.25, -0.2) is 9.37 Å². The number of hydrogen-bond acceptors (Lipinski definition) is 5. The Morgan fingerprint density at radius 1 is 1.39 bits per heavy atom. The van der Waals surface area contributed by atoms with E-state index < -0.39 is 11.9 Å². The first-order valence-corrected chi connectivity index (χ1v) is 10.0. The molecule has 0 aliphatic heterocycles. The monoisotopic (exact) mass is 444 g/mol. The van der Waals surface area contributed by atoms with Crippen LogP contribution in [0, 0.1) is 24.1 Å². The number of hydrogen-bond donors (Lipinski definition) is 2. The Balaban J connectivity index is 1.66. The highest BCUT2D eigenvalue weighted by Crippen LogP contribution is 2.26. The lowest BCUT2D eigenvalue weighted by Gasteiger charge is -2.13. The van der Waals surface area contributed by atoms with Crippen molar-refractivity contribution in [3.8, 4) is 17.3 Å². The summed E-state index contributed by atoms with van der Waals surface area (Å²) in [5.41, 5.74) is 1.02. The van der Waals surface area contributed by atoms with Gasteiger partial charge in [0.1, 0.15) is 29.0 Å². The molecule has 1 aromatic carbocycles. The topological polar surface area (TPSA) is 109 Å². The van der Waals surface area contributed by atoms with Crippen LogP contribution in [0.3, 0.4) is 0 Å². The van der Waals surface area contributed by atoms with Crippen molar-refractivity contribution in [2.24, 2.45) is 0 Å². The highest BCUT2D eigenvalue weighted by molar-refractivity contribution is 6.32. The number of rotatable bonds is 7. The summed E-state index contributed by atoms with van der Waals surface area (Å²) in [6, 6.07) is 5.88. The van der Waals surface area contributed by atoms with Crippen LogP contribution in [-0.4, -0.2) is 42.5 Å². The van der Waals surface area contributed by atoms with Crippen molar-refractivity contribution in [2.45, 2.75) is 46.0 Å². The summed E-state index contributed by atoms with van der Waals surface area (Å²) < 4.78 is 17.4. The van der Waals surface area contributed by atoms with E-state index in [4.69, 9.17) is 16.9 Å². The summed E-state index contributed by atoms with van der Waals surface area (Å²) in [6.07, 6.45) is 2.78. The van der Waals surface area contributed by atoms with Crippen LogP contribution in [0.25, 0.3) is 11.3 Å². The number of benzene rings is 1. The first-order chi connectivity index (χ1) is 14.7. The Kier molecular flexibility index (Phi) is 6.73. The van der Waals surface area contributed by atoms with Gasteiger partial charge in [-0.2, -0.15) is 10.4 Å². The molecule has 162 valence electrons. The number of aromatic nitrogens is 4. The Hall–Kier alpha value is -3.22. The van der Waals surface area contributed by atoms with Gasteiger partial charge in [0.15, 0.2) is 0 Å². The van der Waals surface area contributed by atoms with Crippen molar-refractivity contribution < 1.29 is 14.3 Å². The van der Waals surface area contributed by atoms with Crippen LogP contribution in [0.2, 0.25) is 5.02 Å². The lowest BCUT2D eigenvalue weighted by molar-refractivity contribution is 0.0931. The van der Waals surface area contributed by atoms with Gasteiger partial charge < -0.3 is 15.0 Å².